The summed E-state index contributed by atoms with van der Waals surface area (Å²) < 4.78 is 0. The van der Waals surface area contributed by atoms with Crippen LogP contribution >= 0.6 is 0 Å². The van der Waals surface area contributed by atoms with E-state index in [1.165, 1.54) is 0 Å². The number of nitrogens with two attached hydrogens (primary N) is 1. The van der Waals surface area contributed by atoms with Crippen LogP contribution in [0, 0.1) is 17.8 Å². The van der Waals surface area contributed by atoms with E-state index in [2.05, 4.69) is 16.0 Å². The van der Waals surface area contributed by atoms with E-state index in [4.69, 9.17) is 10.8 Å². The Balaban J connectivity index is 5.36. The Bertz CT molecular complexity index is 649. The third-order valence-electron chi connectivity index (χ3n) is 4.46. The number of hydrogen-bond acceptors (Lipinski definition) is 6. The predicted molar refractivity (Wildman–Crippen MR) is 108 cm³/mol. The highest BCUT2D eigenvalue weighted by Gasteiger charge is 2.33. The van der Waals surface area contributed by atoms with Gasteiger partial charge in [0, 0.05) is 0 Å². The number of hydrogen-bond donors (Lipinski definition) is 6. The maximum Gasteiger partial charge on any atom is 0.326 e. The van der Waals surface area contributed by atoms with Gasteiger partial charge in [0.1, 0.15) is 18.1 Å². The van der Waals surface area contributed by atoms with Crippen molar-refractivity contribution in [3.05, 3.63) is 0 Å². The third-order valence-corrected chi connectivity index (χ3v) is 4.46. The van der Waals surface area contributed by atoms with Crippen molar-refractivity contribution in [2.24, 2.45) is 23.5 Å². The minimum absolute atomic E-state index is 0.367. The molecule has 0 rings (SSSR count). The number of amides is 3. The lowest BCUT2D eigenvalue weighted by Gasteiger charge is -2.29. The second-order valence-corrected chi connectivity index (χ2v) is 8.23. The smallest absolute Gasteiger partial charge is 0.326 e. The molecule has 4 atom stereocenters. The zero-order chi connectivity index (χ0) is 23.8. The Labute approximate surface area is 176 Å². The Morgan fingerprint density at radius 2 is 1.00 bits per heavy atom. The van der Waals surface area contributed by atoms with E-state index in [-0.39, 0.29) is 17.8 Å². The van der Waals surface area contributed by atoms with E-state index in [1.54, 1.807) is 41.5 Å². The average molecular weight is 431 g/mol. The molecule has 0 heterocycles. The van der Waals surface area contributed by atoms with Crippen LogP contribution in [0.1, 0.15) is 48.0 Å². The summed E-state index contributed by atoms with van der Waals surface area (Å²) in [4.78, 5) is 59.6. The first-order valence-corrected chi connectivity index (χ1v) is 9.80. The second-order valence-electron chi connectivity index (χ2n) is 8.23. The number of carboxylic acid groups (broad SMARTS) is 2. The molecular formula is C19H34N4O7. The fourth-order valence-corrected chi connectivity index (χ4v) is 2.61. The summed E-state index contributed by atoms with van der Waals surface area (Å²) in [5.74, 6) is -5.68. The molecule has 3 amide bonds. The standard InChI is InChI=1S/C19H34N4O7/c1-8(2)13(21-16(26)11(20)7-12(24)25)17(27)22-14(9(3)4)18(28)23-15(10(5)6)19(29)30/h8-11,13-15H,7,20H2,1-6H3,(H,21,26)(H,22,27)(H,23,28)(H,24,25)(H,29,30)/t11-,13-,14-,15-/m0/s1. The van der Waals surface area contributed by atoms with E-state index in [9.17, 15) is 29.1 Å². The summed E-state index contributed by atoms with van der Waals surface area (Å²) in [6, 6.07) is -4.55. The molecule has 0 aromatic heterocycles. The van der Waals surface area contributed by atoms with Gasteiger partial charge in [-0.15, -0.1) is 0 Å². The van der Waals surface area contributed by atoms with Crippen LogP contribution in [0.15, 0.2) is 0 Å². The van der Waals surface area contributed by atoms with Gasteiger partial charge in [-0.05, 0) is 17.8 Å². The molecule has 0 spiro atoms. The van der Waals surface area contributed by atoms with E-state index in [1.807, 2.05) is 0 Å². The summed E-state index contributed by atoms with van der Waals surface area (Å²) in [6.45, 7) is 9.98. The van der Waals surface area contributed by atoms with E-state index in [0.29, 0.717) is 0 Å². The van der Waals surface area contributed by atoms with E-state index in [0.717, 1.165) is 0 Å². The van der Waals surface area contributed by atoms with Gasteiger partial charge in [0.05, 0.1) is 12.5 Å². The first-order chi connectivity index (χ1) is 13.7. The van der Waals surface area contributed by atoms with Crippen LogP contribution in [0.2, 0.25) is 0 Å². The van der Waals surface area contributed by atoms with E-state index >= 15 is 0 Å². The Hall–Kier alpha value is -2.69. The van der Waals surface area contributed by atoms with Gasteiger partial charge >= 0.3 is 11.9 Å². The summed E-state index contributed by atoms with van der Waals surface area (Å²) in [5, 5.41) is 25.4. The molecule has 11 heteroatoms. The van der Waals surface area contributed by atoms with Gasteiger partial charge in [-0.2, -0.15) is 0 Å². The van der Waals surface area contributed by atoms with Gasteiger partial charge in [0.2, 0.25) is 17.7 Å². The van der Waals surface area contributed by atoms with Crippen LogP contribution in [-0.4, -0.2) is 64.0 Å². The minimum atomic E-state index is -1.33. The van der Waals surface area contributed by atoms with Crippen LogP contribution in [0.3, 0.4) is 0 Å². The lowest BCUT2D eigenvalue weighted by Crippen LogP contribution is -2.60. The SMILES string of the molecule is CC(C)[C@H](NC(=O)[C@@H](NC(=O)[C@@H](NC(=O)[C@@H](N)CC(=O)O)C(C)C)C(C)C)C(=O)O. The molecule has 172 valence electrons. The molecule has 0 aliphatic carbocycles. The Kier molecular flexibility index (Phi) is 11.0. The number of nitrogens with one attached hydrogen (secondary N) is 3. The Morgan fingerprint density at radius 1 is 0.667 bits per heavy atom. The van der Waals surface area contributed by atoms with Gasteiger partial charge in [0.25, 0.3) is 0 Å². The van der Waals surface area contributed by atoms with Crippen molar-refractivity contribution in [3.63, 3.8) is 0 Å². The normalized spacial score (nSPS) is 15.3. The van der Waals surface area contributed by atoms with Gasteiger partial charge in [-0.3, -0.25) is 19.2 Å². The highest BCUT2D eigenvalue weighted by Crippen LogP contribution is 2.09. The maximum absolute atomic E-state index is 12.8. The molecule has 11 nitrogen and oxygen atoms in total. The molecule has 0 bridgehead atoms. The number of carbonyl (C=O) groups excluding carboxylic acids is 3. The molecule has 0 fully saturated rings. The van der Waals surface area contributed by atoms with Crippen LogP contribution in [0.5, 0.6) is 0 Å². The molecule has 30 heavy (non-hydrogen) atoms. The average Bonchev–Trinajstić information content (AvgIpc) is 2.59. The minimum Gasteiger partial charge on any atom is -0.481 e. The van der Waals surface area contributed by atoms with Crippen molar-refractivity contribution < 1.29 is 34.2 Å². The van der Waals surface area contributed by atoms with Crippen molar-refractivity contribution in [3.8, 4) is 0 Å². The Morgan fingerprint density at radius 3 is 1.30 bits per heavy atom. The lowest BCUT2D eigenvalue weighted by molar-refractivity contribution is -0.144. The van der Waals surface area contributed by atoms with Gasteiger partial charge in [-0.25, -0.2) is 4.79 Å². The van der Waals surface area contributed by atoms with Crippen LogP contribution < -0.4 is 21.7 Å². The van der Waals surface area contributed by atoms with Crippen LogP contribution in [-0.2, 0) is 24.0 Å². The van der Waals surface area contributed by atoms with Crippen molar-refractivity contribution >= 4 is 29.7 Å². The van der Waals surface area contributed by atoms with Crippen molar-refractivity contribution in [2.75, 3.05) is 0 Å². The van der Waals surface area contributed by atoms with Crippen LogP contribution in [0.4, 0.5) is 0 Å². The highest BCUT2D eigenvalue weighted by molar-refractivity contribution is 5.95. The summed E-state index contributed by atoms with van der Waals surface area (Å²) in [5.41, 5.74) is 5.53. The van der Waals surface area contributed by atoms with Crippen molar-refractivity contribution in [1.82, 2.24) is 16.0 Å². The maximum atomic E-state index is 12.8. The predicted octanol–water partition coefficient (Wildman–Crippen LogP) is -0.705. The zero-order valence-electron chi connectivity index (χ0n) is 18.3. The highest BCUT2D eigenvalue weighted by atomic mass is 16.4. The van der Waals surface area contributed by atoms with Crippen LogP contribution in [0.25, 0.3) is 0 Å². The van der Waals surface area contributed by atoms with E-state index < -0.39 is 60.2 Å². The molecule has 0 aromatic rings. The number of carbonyl (C=O) groups is 5. The first kappa shape index (κ1) is 27.3. The summed E-state index contributed by atoms with van der Waals surface area (Å²) in [7, 11) is 0. The zero-order valence-corrected chi connectivity index (χ0v) is 18.3. The number of aliphatic carboxylic acids is 2. The molecule has 0 aromatic carbocycles. The third kappa shape index (κ3) is 8.76. The fraction of sp³-hybridized carbons (Fsp3) is 0.737. The molecule has 0 saturated carbocycles. The van der Waals surface area contributed by atoms with Crippen molar-refractivity contribution in [1.29, 1.82) is 0 Å². The fourth-order valence-electron chi connectivity index (χ4n) is 2.61. The van der Waals surface area contributed by atoms with Gasteiger partial charge in [0.15, 0.2) is 0 Å². The molecule has 0 aliphatic rings. The second kappa shape index (κ2) is 12.1. The quantitative estimate of drug-likeness (QED) is 0.234. The van der Waals surface area contributed by atoms with Gasteiger partial charge in [-0.1, -0.05) is 41.5 Å². The van der Waals surface area contributed by atoms with Gasteiger partial charge < -0.3 is 31.9 Å². The summed E-state index contributed by atoms with van der Waals surface area (Å²) >= 11 is 0. The molecule has 0 unspecified atom stereocenters. The monoisotopic (exact) mass is 430 g/mol. The number of carboxylic acids is 2. The molecule has 7 N–H and O–H groups in total. The largest absolute Gasteiger partial charge is 0.481 e. The van der Waals surface area contributed by atoms with Crippen molar-refractivity contribution in [2.45, 2.75) is 72.1 Å². The first-order valence-electron chi connectivity index (χ1n) is 9.80. The molecule has 0 aliphatic heterocycles. The molecule has 0 saturated heterocycles. The summed E-state index contributed by atoms with van der Waals surface area (Å²) in [6.07, 6.45) is -0.596. The topological polar surface area (TPSA) is 188 Å². The molecule has 0 radical (unpaired) electrons. The number of rotatable bonds is 12. The molecular weight excluding hydrogens is 396 g/mol. The lowest BCUT2D eigenvalue weighted by atomic mass is 9.98.